The first-order valence-corrected chi connectivity index (χ1v) is 7.22. The molecule has 2 heterocycles. The summed E-state index contributed by atoms with van der Waals surface area (Å²) in [4.78, 5) is 6.42. The molecule has 1 fully saturated rings. The van der Waals surface area contributed by atoms with Crippen molar-refractivity contribution in [1.82, 2.24) is 15.2 Å². The van der Waals surface area contributed by atoms with E-state index in [4.69, 9.17) is 4.74 Å². The minimum atomic E-state index is -0.289. The predicted octanol–water partition coefficient (Wildman–Crippen LogP) is 1.98. The third-order valence-corrected chi connectivity index (χ3v) is 4.42. The van der Waals surface area contributed by atoms with Crippen molar-refractivity contribution in [2.75, 3.05) is 33.4 Å². The Labute approximate surface area is 120 Å². The Balaban J connectivity index is 2.30. The standard InChI is InChI=1S/C15H24FN3O/c1-4-15(2,19-5-7-20-8-6-19)14(17-3)12-9-13(16)11-18-10-12/h9-11,14,17H,4-8H2,1-3H3. The molecule has 0 bridgehead atoms. The predicted molar refractivity (Wildman–Crippen MR) is 77.1 cm³/mol. The SMILES string of the molecule is CCC(C)(C(NC)c1cncc(F)c1)N1CCOCC1. The van der Waals surface area contributed by atoms with Crippen molar-refractivity contribution in [3.63, 3.8) is 0 Å². The fourth-order valence-corrected chi connectivity index (χ4v) is 3.11. The highest BCUT2D eigenvalue weighted by molar-refractivity contribution is 5.20. The van der Waals surface area contributed by atoms with Crippen LogP contribution in [0.1, 0.15) is 31.9 Å². The highest BCUT2D eigenvalue weighted by Crippen LogP contribution is 2.34. The van der Waals surface area contributed by atoms with Crippen molar-refractivity contribution in [1.29, 1.82) is 0 Å². The van der Waals surface area contributed by atoms with Crippen LogP contribution < -0.4 is 5.32 Å². The average molecular weight is 281 g/mol. The number of nitrogens with one attached hydrogen (secondary N) is 1. The summed E-state index contributed by atoms with van der Waals surface area (Å²) in [5.74, 6) is -0.289. The summed E-state index contributed by atoms with van der Waals surface area (Å²) >= 11 is 0. The lowest BCUT2D eigenvalue weighted by atomic mass is 9.83. The molecule has 5 heteroatoms. The third-order valence-electron chi connectivity index (χ3n) is 4.42. The Kier molecular flexibility index (Phi) is 5.07. The molecule has 0 aliphatic carbocycles. The summed E-state index contributed by atoms with van der Waals surface area (Å²) in [6.45, 7) is 7.73. The van der Waals surface area contributed by atoms with Gasteiger partial charge in [0.2, 0.25) is 0 Å². The van der Waals surface area contributed by atoms with Gasteiger partial charge in [-0.1, -0.05) is 6.92 Å². The van der Waals surface area contributed by atoms with Crippen molar-refractivity contribution in [2.45, 2.75) is 31.8 Å². The number of likely N-dealkylation sites (N-methyl/N-ethyl adjacent to an activating group) is 1. The number of hydrogen-bond acceptors (Lipinski definition) is 4. The van der Waals surface area contributed by atoms with E-state index in [2.05, 4.69) is 29.0 Å². The molecule has 2 atom stereocenters. The maximum atomic E-state index is 13.5. The summed E-state index contributed by atoms with van der Waals surface area (Å²) in [5, 5.41) is 3.35. The Hall–Kier alpha value is -1.04. The van der Waals surface area contributed by atoms with Crippen LogP contribution in [0.15, 0.2) is 18.5 Å². The number of halogens is 1. The second-order valence-electron chi connectivity index (χ2n) is 5.47. The molecule has 0 radical (unpaired) electrons. The topological polar surface area (TPSA) is 37.4 Å². The van der Waals surface area contributed by atoms with E-state index in [0.29, 0.717) is 0 Å². The zero-order valence-electron chi connectivity index (χ0n) is 12.5. The molecule has 2 rings (SSSR count). The smallest absolute Gasteiger partial charge is 0.141 e. The number of morpholine rings is 1. The quantitative estimate of drug-likeness (QED) is 0.895. The first-order valence-electron chi connectivity index (χ1n) is 7.22. The molecule has 0 saturated carbocycles. The van der Waals surface area contributed by atoms with E-state index in [1.54, 1.807) is 12.3 Å². The van der Waals surface area contributed by atoms with E-state index in [1.807, 2.05) is 7.05 Å². The fourth-order valence-electron chi connectivity index (χ4n) is 3.11. The van der Waals surface area contributed by atoms with Crippen LogP contribution in [0, 0.1) is 5.82 Å². The van der Waals surface area contributed by atoms with Crippen molar-refractivity contribution in [3.05, 3.63) is 29.8 Å². The third kappa shape index (κ3) is 3.00. The normalized spacial score (nSPS) is 21.4. The molecule has 1 aliphatic rings. The highest BCUT2D eigenvalue weighted by atomic mass is 19.1. The largest absolute Gasteiger partial charge is 0.379 e. The second-order valence-corrected chi connectivity index (χ2v) is 5.47. The Bertz CT molecular complexity index is 437. The summed E-state index contributed by atoms with van der Waals surface area (Å²) in [6, 6.07) is 1.61. The first-order chi connectivity index (χ1) is 9.61. The van der Waals surface area contributed by atoms with Crippen molar-refractivity contribution < 1.29 is 9.13 Å². The molecule has 2 unspecified atom stereocenters. The van der Waals surface area contributed by atoms with Gasteiger partial charge in [-0.15, -0.1) is 0 Å². The van der Waals surface area contributed by atoms with Crippen molar-refractivity contribution >= 4 is 0 Å². The number of rotatable bonds is 5. The van der Waals surface area contributed by atoms with E-state index in [0.717, 1.165) is 38.3 Å². The lowest BCUT2D eigenvalue weighted by molar-refractivity contribution is -0.0320. The summed E-state index contributed by atoms with van der Waals surface area (Å²) in [5.41, 5.74) is 0.803. The van der Waals surface area contributed by atoms with Gasteiger partial charge < -0.3 is 10.1 Å². The molecule has 1 aromatic rings. The molecule has 0 amide bonds. The van der Waals surface area contributed by atoms with Gasteiger partial charge in [-0.3, -0.25) is 9.88 Å². The molecular weight excluding hydrogens is 257 g/mol. The molecular formula is C15H24FN3O. The van der Waals surface area contributed by atoms with Crippen LogP contribution in [0.25, 0.3) is 0 Å². The van der Waals surface area contributed by atoms with Crippen LogP contribution in [0.4, 0.5) is 4.39 Å². The van der Waals surface area contributed by atoms with E-state index in [9.17, 15) is 4.39 Å². The molecule has 1 saturated heterocycles. The van der Waals surface area contributed by atoms with Crippen LogP contribution in [0.5, 0.6) is 0 Å². The van der Waals surface area contributed by atoms with Crippen molar-refractivity contribution in [2.24, 2.45) is 0 Å². The zero-order chi connectivity index (χ0) is 14.6. The number of pyridine rings is 1. The van der Waals surface area contributed by atoms with Gasteiger partial charge in [0.15, 0.2) is 0 Å². The summed E-state index contributed by atoms with van der Waals surface area (Å²) < 4.78 is 18.9. The molecule has 1 aliphatic heterocycles. The van der Waals surface area contributed by atoms with Crippen LogP contribution in [-0.2, 0) is 4.74 Å². The first kappa shape index (κ1) is 15.4. The number of hydrogen-bond donors (Lipinski definition) is 1. The van der Waals surface area contributed by atoms with E-state index in [-0.39, 0.29) is 17.4 Å². The molecule has 0 aromatic carbocycles. The monoisotopic (exact) mass is 281 g/mol. The van der Waals surface area contributed by atoms with Crippen molar-refractivity contribution in [3.8, 4) is 0 Å². The van der Waals surface area contributed by atoms with Gasteiger partial charge in [0.05, 0.1) is 25.5 Å². The second kappa shape index (κ2) is 6.61. The minimum absolute atomic E-state index is 0.0359. The molecule has 1 N–H and O–H groups in total. The van der Waals surface area contributed by atoms with Crippen LogP contribution in [-0.4, -0.2) is 48.8 Å². The summed E-state index contributed by atoms with van der Waals surface area (Å²) in [6.07, 6.45) is 3.96. The highest BCUT2D eigenvalue weighted by Gasteiger charge is 2.39. The van der Waals surface area contributed by atoms with Crippen LogP contribution in [0.3, 0.4) is 0 Å². The number of nitrogens with zero attached hydrogens (tertiary/aromatic N) is 2. The molecule has 112 valence electrons. The van der Waals surface area contributed by atoms with Crippen LogP contribution in [0.2, 0.25) is 0 Å². The average Bonchev–Trinajstić information content (AvgIpc) is 2.48. The molecule has 0 spiro atoms. The van der Waals surface area contributed by atoms with E-state index < -0.39 is 0 Å². The molecule has 20 heavy (non-hydrogen) atoms. The van der Waals surface area contributed by atoms with Gasteiger partial charge >= 0.3 is 0 Å². The van der Waals surface area contributed by atoms with Crippen LogP contribution >= 0.6 is 0 Å². The van der Waals surface area contributed by atoms with E-state index >= 15 is 0 Å². The molecule has 4 nitrogen and oxygen atoms in total. The number of ether oxygens (including phenoxy) is 1. The number of aromatic nitrogens is 1. The molecule has 1 aromatic heterocycles. The summed E-state index contributed by atoms with van der Waals surface area (Å²) in [7, 11) is 1.92. The van der Waals surface area contributed by atoms with Gasteiger partial charge in [0.25, 0.3) is 0 Å². The van der Waals surface area contributed by atoms with Gasteiger partial charge in [-0.25, -0.2) is 4.39 Å². The Morgan fingerprint density at radius 3 is 2.70 bits per heavy atom. The maximum Gasteiger partial charge on any atom is 0.141 e. The lowest BCUT2D eigenvalue weighted by Crippen LogP contribution is -2.57. The Morgan fingerprint density at radius 2 is 2.15 bits per heavy atom. The van der Waals surface area contributed by atoms with Gasteiger partial charge in [0.1, 0.15) is 5.82 Å². The van der Waals surface area contributed by atoms with Gasteiger partial charge in [0, 0.05) is 24.8 Å². The van der Waals surface area contributed by atoms with Gasteiger partial charge in [-0.05, 0) is 32.0 Å². The fraction of sp³-hybridized carbons (Fsp3) is 0.667. The van der Waals surface area contributed by atoms with E-state index in [1.165, 1.54) is 6.20 Å². The Morgan fingerprint density at radius 1 is 1.45 bits per heavy atom. The maximum absolute atomic E-state index is 13.5. The lowest BCUT2D eigenvalue weighted by Gasteiger charge is -2.47. The zero-order valence-corrected chi connectivity index (χ0v) is 12.5. The minimum Gasteiger partial charge on any atom is -0.379 e. The van der Waals surface area contributed by atoms with Gasteiger partial charge in [-0.2, -0.15) is 0 Å².